The SMILES string of the molecule is CCOC(CC)c1noc(-c2ccc(F)cc2O)n1. The van der Waals surface area contributed by atoms with E-state index in [1.165, 1.54) is 12.1 Å². The third-order valence-corrected chi connectivity index (χ3v) is 2.66. The maximum absolute atomic E-state index is 12.9. The minimum Gasteiger partial charge on any atom is -0.507 e. The quantitative estimate of drug-likeness (QED) is 0.900. The summed E-state index contributed by atoms with van der Waals surface area (Å²) < 4.78 is 23.5. The first-order valence-electron chi connectivity index (χ1n) is 6.09. The number of aromatic hydroxyl groups is 1. The van der Waals surface area contributed by atoms with Gasteiger partial charge in [-0.25, -0.2) is 4.39 Å². The Balaban J connectivity index is 2.29. The second-order valence-corrected chi connectivity index (χ2v) is 3.97. The van der Waals surface area contributed by atoms with Gasteiger partial charge in [-0.3, -0.25) is 0 Å². The lowest BCUT2D eigenvalue weighted by molar-refractivity contribution is 0.0518. The summed E-state index contributed by atoms with van der Waals surface area (Å²) >= 11 is 0. The summed E-state index contributed by atoms with van der Waals surface area (Å²) in [5.41, 5.74) is 0.298. The Kier molecular flexibility index (Phi) is 4.11. The van der Waals surface area contributed by atoms with Gasteiger partial charge in [-0.15, -0.1) is 0 Å². The summed E-state index contributed by atoms with van der Waals surface area (Å²) in [5, 5.41) is 13.5. The number of rotatable bonds is 5. The highest BCUT2D eigenvalue weighted by atomic mass is 19.1. The second kappa shape index (κ2) is 5.79. The average Bonchev–Trinajstić information content (AvgIpc) is 2.85. The molecule has 1 aromatic carbocycles. The van der Waals surface area contributed by atoms with Crippen LogP contribution in [-0.4, -0.2) is 21.9 Å². The van der Waals surface area contributed by atoms with Gasteiger partial charge in [0, 0.05) is 12.7 Å². The molecule has 2 rings (SSSR count). The fourth-order valence-electron chi connectivity index (χ4n) is 1.74. The Bertz CT molecular complexity index is 557. The van der Waals surface area contributed by atoms with E-state index < -0.39 is 5.82 Å². The van der Waals surface area contributed by atoms with Gasteiger partial charge in [-0.1, -0.05) is 12.1 Å². The van der Waals surface area contributed by atoms with Gasteiger partial charge >= 0.3 is 0 Å². The van der Waals surface area contributed by atoms with Crippen LogP contribution < -0.4 is 0 Å². The lowest BCUT2D eigenvalue weighted by atomic mass is 10.2. The van der Waals surface area contributed by atoms with Crippen molar-refractivity contribution >= 4 is 0 Å². The van der Waals surface area contributed by atoms with Crippen LogP contribution in [0.5, 0.6) is 5.75 Å². The third-order valence-electron chi connectivity index (χ3n) is 2.66. The van der Waals surface area contributed by atoms with Crippen molar-refractivity contribution in [2.24, 2.45) is 0 Å². The van der Waals surface area contributed by atoms with Crippen molar-refractivity contribution in [2.45, 2.75) is 26.4 Å². The first-order chi connectivity index (χ1) is 9.15. The summed E-state index contributed by atoms with van der Waals surface area (Å²) in [6.45, 7) is 4.38. The van der Waals surface area contributed by atoms with E-state index in [4.69, 9.17) is 9.26 Å². The molecule has 0 amide bonds. The molecular weight excluding hydrogens is 251 g/mol. The van der Waals surface area contributed by atoms with E-state index in [2.05, 4.69) is 10.1 Å². The van der Waals surface area contributed by atoms with Gasteiger partial charge in [-0.05, 0) is 25.5 Å². The number of phenols is 1. The van der Waals surface area contributed by atoms with Crippen LogP contribution in [0.2, 0.25) is 0 Å². The van der Waals surface area contributed by atoms with E-state index in [9.17, 15) is 9.50 Å². The maximum Gasteiger partial charge on any atom is 0.261 e. The molecule has 0 bridgehead atoms. The van der Waals surface area contributed by atoms with Crippen LogP contribution >= 0.6 is 0 Å². The summed E-state index contributed by atoms with van der Waals surface area (Å²) in [6.07, 6.45) is 0.465. The van der Waals surface area contributed by atoms with Crippen molar-refractivity contribution in [3.05, 3.63) is 29.8 Å². The minimum absolute atomic E-state index is 0.144. The molecular formula is C13H15FN2O3. The molecule has 102 valence electrons. The average molecular weight is 266 g/mol. The Labute approximate surface area is 110 Å². The number of phenolic OH excluding ortho intramolecular Hbond substituents is 1. The lowest BCUT2D eigenvalue weighted by Crippen LogP contribution is -2.04. The highest BCUT2D eigenvalue weighted by Gasteiger charge is 2.19. The number of ether oxygens (including phenoxy) is 1. The number of nitrogens with zero attached hydrogens (tertiary/aromatic N) is 2. The summed E-state index contributed by atoms with van der Waals surface area (Å²) in [5.74, 6) is -0.199. The molecule has 0 aliphatic rings. The van der Waals surface area contributed by atoms with Gasteiger partial charge in [0.15, 0.2) is 0 Å². The van der Waals surface area contributed by atoms with Crippen molar-refractivity contribution in [2.75, 3.05) is 6.61 Å². The van der Waals surface area contributed by atoms with Crippen LogP contribution in [0.4, 0.5) is 4.39 Å². The molecule has 0 saturated carbocycles. The fraction of sp³-hybridized carbons (Fsp3) is 0.385. The molecule has 5 nitrogen and oxygen atoms in total. The van der Waals surface area contributed by atoms with Crippen molar-refractivity contribution in [3.8, 4) is 17.2 Å². The second-order valence-electron chi connectivity index (χ2n) is 3.97. The highest BCUT2D eigenvalue weighted by Crippen LogP contribution is 2.29. The lowest BCUT2D eigenvalue weighted by Gasteiger charge is -2.09. The molecule has 0 aliphatic heterocycles. The first-order valence-corrected chi connectivity index (χ1v) is 6.09. The molecule has 2 aromatic rings. The minimum atomic E-state index is -0.526. The molecule has 1 N–H and O–H groups in total. The van der Waals surface area contributed by atoms with E-state index in [-0.39, 0.29) is 17.7 Å². The molecule has 0 fully saturated rings. The fourth-order valence-corrected chi connectivity index (χ4v) is 1.74. The van der Waals surface area contributed by atoms with Crippen LogP contribution in [0.1, 0.15) is 32.2 Å². The molecule has 1 atom stereocenters. The largest absolute Gasteiger partial charge is 0.507 e. The van der Waals surface area contributed by atoms with Gasteiger partial charge in [0.2, 0.25) is 5.82 Å². The normalized spacial score (nSPS) is 12.6. The standard InChI is InChI=1S/C13H15FN2O3/c1-3-11(18-4-2)12-15-13(19-16-12)9-6-5-8(14)7-10(9)17/h5-7,11,17H,3-4H2,1-2H3. The van der Waals surface area contributed by atoms with Gasteiger partial charge in [0.1, 0.15) is 17.7 Å². The van der Waals surface area contributed by atoms with E-state index in [0.29, 0.717) is 24.4 Å². The third kappa shape index (κ3) is 2.90. The van der Waals surface area contributed by atoms with Gasteiger partial charge < -0.3 is 14.4 Å². The predicted octanol–water partition coefficient (Wildman–Crippen LogP) is 3.07. The van der Waals surface area contributed by atoms with Crippen LogP contribution in [0.3, 0.4) is 0 Å². The number of benzene rings is 1. The zero-order valence-corrected chi connectivity index (χ0v) is 10.8. The maximum atomic E-state index is 12.9. The predicted molar refractivity (Wildman–Crippen MR) is 66.0 cm³/mol. The van der Waals surface area contributed by atoms with Gasteiger partial charge in [0.25, 0.3) is 5.89 Å². The molecule has 1 unspecified atom stereocenters. The van der Waals surface area contributed by atoms with E-state index in [0.717, 1.165) is 6.07 Å². The van der Waals surface area contributed by atoms with Crippen molar-refractivity contribution in [3.63, 3.8) is 0 Å². The number of hydrogen-bond donors (Lipinski definition) is 1. The molecule has 0 aliphatic carbocycles. The highest BCUT2D eigenvalue weighted by molar-refractivity contribution is 5.61. The van der Waals surface area contributed by atoms with E-state index in [1.807, 2.05) is 13.8 Å². The van der Waals surface area contributed by atoms with Crippen LogP contribution in [0.25, 0.3) is 11.5 Å². The molecule has 0 spiro atoms. The summed E-state index contributed by atoms with van der Waals surface area (Å²) in [7, 11) is 0. The smallest absolute Gasteiger partial charge is 0.261 e. The van der Waals surface area contributed by atoms with Crippen LogP contribution in [0.15, 0.2) is 22.7 Å². The zero-order chi connectivity index (χ0) is 13.8. The van der Waals surface area contributed by atoms with E-state index >= 15 is 0 Å². The number of hydrogen-bond acceptors (Lipinski definition) is 5. The van der Waals surface area contributed by atoms with Crippen LogP contribution in [-0.2, 0) is 4.74 Å². The van der Waals surface area contributed by atoms with E-state index in [1.54, 1.807) is 0 Å². The van der Waals surface area contributed by atoms with Gasteiger partial charge in [-0.2, -0.15) is 4.98 Å². The molecule has 1 heterocycles. The number of halogens is 1. The molecule has 19 heavy (non-hydrogen) atoms. The van der Waals surface area contributed by atoms with Crippen molar-refractivity contribution < 1.29 is 18.8 Å². The Hall–Kier alpha value is -1.95. The Morgan fingerprint density at radius 1 is 1.42 bits per heavy atom. The van der Waals surface area contributed by atoms with Crippen molar-refractivity contribution in [1.82, 2.24) is 10.1 Å². The summed E-state index contributed by atoms with van der Waals surface area (Å²) in [4.78, 5) is 4.18. The Morgan fingerprint density at radius 3 is 2.84 bits per heavy atom. The zero-order valence-electron chi connectivity index (χ0n) is 10.8. The van der Waals surface area contributed by atoms with Crippen LogP contribution in [0, 0.1) is 5.82 Å². The number of aromatic nitrogens is 2. The summed E-state index contributed by atoms with van der Waals surface area (Å²) in [6, 6.07) is 3.61. The first kappa shape index (κ1) is 13.5. The molecule has 6 heteroatoms. The van der Waals surface area contributed by atoms with Crippen molar-refractivity contribution in [1.29, 1.82) is 0 Å². The molecule has 0 radical (unpaired) electrons. The molecule has 0 saturated heterocycles. The Morgan fingerprint density at radius 2 is 2.21 bits per heavy atom. The topological polar surface area (TPSA) is 68.4 Å². The van der Waals surface area contributed by atoms with Gasteiger partial charge in [0.05, 0.1) is 5.56 Å². The molecule has 1 aromatic heterocycles. The monoisotopic (exact) mass is 266 g/mol.